The van der Waals surface area contributed by atoms with Gasteiger partial charge in [-0.2, -0.15) is 5.01 Å². The Bertz CT molecular complexity index is 246. The normalized spacial score (nSPS) is 9.81. The maximum absolute atomic E-state index is 11.2. The van der Waals surface area contributed by atoms with Crippen LogP contribution in [0, 0.1) is 4.91 Å². The van der Waals surface area contributed by atoms with Gasteiger partial charge in [-0.05, 0) is 0 Å². The topological polar surface area (TPSA) is 122 Å². The number of aliphatic carboxylic acids is 1. The number of amides is 1. The monoisotopic (exact) mass is 233 g/mol. The van der Waals surface area contributed by atoms with Gasteiger partial charge in [0, 0.05) is 13.0 Å². The molecule has 92 valence electrons. The van der Waals surface area contributed by atoms with Gasteiger partial charge in [0.25, 0.3) is 0 Å². The third-order valence-electron chi connectivity index (χ3n) is 1.65. The second-order valence-electron chi connectivity index (χ2n) is 2.89. The van der Waals surface area contributed by atoms with Crippen molar-refractivity contribution in [2.24, 2.45) is 11.0 Å². The van der Waals surface area contributed by atoms with Crippen LogP contribution < -0.4 is 5.73 Å². The predicted octanol–water partition coefficient (Wildman–Crippen LogP) is -0.664. The summed E-state index contributed by atoms with van der Waals surface area (Å²) < 4.78 is 4.96. The van der Waals surface area contributed by atoms with E-state index in [-0.39, 0.29) is 26.0 Å². The van der Waals surface area contributed by atoms with Gasteiger partial charge in [-0.15, -0.1) is 4.91 Å². The molecule has 0 aromatic heterocycles. The molecule has 8 heteroatoms. The summed E-state index contributed by atoms with van der Waals surface area (Å²) in [6.07, 6.45) is -0.577. The summed E-state index contributed by atoms with van der Waals surface area (Å²) in [5.41, 5.74) is 5.16. The number of hydrogen-bond donors (Lipinski definition) is 2. The van der Waals surface area contributed by atoms with Crippen molar-refractivity contribution >= 4 is 11.9 Å². The smallest absolute Gasteiger partial charge is 0.303 e. The van der Waals surface area contributed by atoms with Gasteiger partial charge < -0.3 is 15.6 Å². The standard InChI is InChI=1S/C8H15N3O5/c9-3-5-16-6-4-11(10-15)7(12)1-2-8(13)14/h1-6,9H2,(H,13,14). The van der Waals surface area contributed by atoms with Crippen LogP contribution in [0.1, 0.15) is 12.8 Å². The van der Waals surface area contributed by atoms with E-state index < -0.39 is 11.9 Å². The maximum Gasteiger partial charge on any atom is 0.303 e. The summed E-state index contributed by atoms with van der Waals surface area (Å²) in [6, 6.07) is 0. The van der Waals surface area contributed by atoms with E-state index in [9.17, 15) is 14.5 Å². The molecular weight excluding hydrogens is 218 g/mol. The van der Waals surface area contributed by atoms with Gasteiger partial charge in [0.15, 0.2) is 0 Å². The third-order valence-corrected chi connectivity index (χ3v) is 1.65. The van der Waals surface area contributed by atoms with Crippen molar-refractivity contribution in [1.82, 2.24) is 5.01 Å². The molecule has 0 radical (unpaired) electrons. The number of carbonyl (C=O) groups is 2. The highest BCUT2D eigenvalue weighted by Gasteiger charge is 2.14. The molecule has 0 rings (SSSR count). The van der Waals surface area contributed by atoms with Gasteiger partial charge in [0.1, 0.15) is 0 Å². The lowest BCUT2D eigenvalue weighted by Crippen LogP contribution is -2.29. The van der Waals surface area contributed by atoms with Crippen molar-refractivity contribution in [3.63, 3.8) is 0 Å². The van der Waals surface area contributed by atoms with Crippen molar-refractivity contribution in [2.75, 3.05) is 26.3 Å². The van der Waals surface area contributed by atoms with Gasteiger partial charge in [-0.25, -0.2) is 0 Å². The van der Waals surface area contributed by atoms with E-state index in [1.807, 2.05) is 0 Å². The number of hydrogen-bond acceptors (Lipinski definition) is 6. The van der Waals surface area contributed by atoms with Gasteiger partial charge in [-0.1, -0.05) is 0 Å². The Hall–Kier alpha value is -1.54. The highest BCUT2D eigenvalue weighted by atomic mass is 16.5. The average Bonchev–Trinajstić information content (AvgIpc) is 2.26. The first-order valence-corrected chi connectivity index (χ1v) is 4.75. The number of rotatable bonds is 9. The average molecular weight is 233 g/mol. The number of carboxylic acid groups (broad SMARTS) is 1. The van der Waals surface area contributed by atoms with Crippen molar-refractivity contribution in [3.05, 3.63) is 4.91 Å². The molecule has 0 heterocycles. The Morgan fingerprint density at radius 2 is 2.00 bits per heavy atom. The summed E-state index contributed by atoms with van der Waals surface area (Å²) in [4.78, 5) is 31.7. The highest BCUT2D eigenvalue weighted by molar-refractivity contribution is 5.80. The number of carboxylic acids is 1. The molecule has 0 aliphatic rings. The van der Waals surface area contributed by atoms with E-state index in [4.69, 9.17) is 15.6 Å². The van der Waals surface area contributed by atoms with Crippen LogP contribution in [-0.4, -0.2) is 48.3 Å². The molecule has 0 bridgehead atoms. The van der Waals surface area contributed by atoms with Crippen LogP contribution in [0.5, 0.6) is 0 Å². The first-order valence-electron chi connectivity index (χ1n) is 4.75. The quantitative estimate of drug-likeness (QED) is 0.309. The van der Waals surface area contributed by atoms with Crippen LogP contribution in [0.2, 0.25) is 0 Å². The summed E-state index contributed by atoms with van der Waals surface area (Å²) >= 11 is 0. The molecule has 0 atom stereocenters. The Labute approximate surface area is 92.3 Å². The zero-order valence-electron chi connectivity index (χ0n) is 8.79. The summed E-state index contributed by atoms with van der Waals surface area (Å²) in [6.45, 7) is 0.821. The predicted molar refractivity (Wildman–Crippen MR) is 54.3 cm³/mol. The molecule has 0 saturated heterocycles. The van der Waals surface area contributed by atoms with Gasteiger partial charge in [0.05, 0.1) is 31.5 Å². The van der Waals surface area contributed by atoms with Crippen molar-refractivity contribution in [3.8, 4) is 0 Å². The largest absolute Gasteiger partial charge is 0.481 e. The first kappa shape index (κ1) is 14.5. The van der Waals surface area contributed by atoms with E-state index in [1.54, 1.807) is 0 Å². The zero-order chi connectivity index (χ0) is 12.4. The van der Waals surface area contributed by atoms with Gasteiger partial charge >= 0.3 is 5.97 Å². The first-order chi connectivity index (χ1) is 7.61. The highest BCUT2D eigenvalue weighted by Crippen LogP contribution is 1.98. The Balaban J connectivity index is 3.83. The van der Waals surface area contributed by atoms with E-state index >= 15 is 0 Å². The van der Waals surface area contributed by atoms with Crippen molar-refractivity contribution in [1.29, 1.82) is 0 Å². The van der Waals surface area contributed by atoms with Crippen LogP contribution in [0.25, 0.3) is 0 Å². The molecule has 0 aliphatic heterocycles. The second-order valence-corrected chi connectivity index (χ2v) is 2.89. The Morgan fingerprint density at radius 3 is 2.50 bits per heavy atom. The summed E-state index contributed by atoms with van der Waals surface area (Å²) in [7, 11) is 0. The number of nitroso groups, excluding NO2 is 1. The molecule has 0 aliphatic carbocycles. The van der Waals surface area contributed by atoms with Crippen molar-refractivity contribution < 1.29 is 19.4 Å². The molecule has 0 unspecified atom stereocenters. The molecule has 0 aromatic rings. The number of nitrogens with two attached hydrogens (primary N) is 1. The SMILES string of the molecule is NCCOCCN(N=O)C(=O)CCC(=O)O. The van der Waals surface area contributed by atoms with Crippen molar-refractivity contribution in [2.45, 2.75) is 12.8 Å². The van der Waals surface area contributed by atoms with Gasteiger partial charge in [-0.3, -0.25) is 9.59 Å². The number of nitrogens with zero attached hydrogens (tertiary/aromatic N) is 2. The fourth-order valence-corrected chi connectivity index (χ4v) is 0.890. The van der Waals surface area contributed by atoms with Crippen LogP contribution in [0.3, 0.4) is 0 Å². The molecular formula is C8H15N3O5. The van der Waals surface area contributed by atoms with Crippen LogP contribution in [-0.2, 0) is 14.3 Å². The number of carbonyl (C=O) groups excluding carboxylic acids is 1. The molecule has 0 aromatic carbocycles. The number of ether oxygens (including phenoxy) is 1. The molecule has 16 heavy (non-hydrogen) atoms. The lowest BCUT2D eigenvalue weighted by atomic mass is 10.3. The fourth-order valence-electron chi connectivity index (χ4n) is 0.890. The Morgan fingerprint density at radius 1 is 1.31 bits per heavy atom. The fraction of sp³-hybridized carbons (Fsp3) is 0.750. The second kappa shape index (κ2) is 8.74. The molecule has 0 spiro atoms. The lowest BCUT2D eigenvalue weighted by molar-refractivity contribution is -0.141. The zero-order valence-corrected chi connectivity index (χ0v) is 8.79. The van der Waals surface area contributed by atoms with Crippen LogP contribution in [0.4, 0.5) is 0 Å². The van der Waals surface area contributed by atoms with E-state index in [0.29, 0.717) is 18.2 Å². The molecule has 8 nitrogen and oxygen atoms in total. The van der Waals surface area contributed by atoms with Gasteiger partial charge in [0.2, 0.25) is 5.91 Å². The summed E-state index contributed by atoms with van der Waals surface area (Å²) in [5.74, 6) is -1.73. The van der Waals surface area contributed by atoms with E-state index in [1.165, 1.54) is 0 Å². The maximum atomic E-state index is 11.2. The molecule has 1 amide bonds. The minimum Gasteiger partial charge on any atom is -0.481 e. The van der Waals surface area contributed by atoms with E-state index in [0.717, 1.165) is 0 Å². The molecule has 3 N–H and O–H groups in total. The summed E-state index contributed by atoms with van der Waals surface area (Å²) in [5, 5.41) is 11.5. The third kappa shape index (κ3) is 6.85. The molecule has 0 saturated carbocycles. The minimum absolute atomic E-state index is 0.00194. The molecule has 0 fully saturated rings. The Kier molecular flexibility index (Phi) is 7.90. The van der Waals surface area contributed by atoms with Crippen LogP contribution >= 0.6 is 0 Å². The van der Waals surface area contributed by atoms with Crippen LogP contribution in [0.15, 0.2) is 5.29 Å². The lowest BCUT2D eigenvalue weighted by Gasteiger charge is -2.12. The van der Waals surface area contributed by atoms with E-state index in [2.05, 4.69) is 5.29 Å². The minimum atomic E-state index is -1.10.